The fourth-order valence-corrected chi connectivity index (χ4v) is 0.0786. The molecule has 0 aromatic carbocycles. The summed E-state index contributed by atoms with van der Waals surface area (Å²) in [5.41, 5.74) is 9.85. The number of hydrogen-bond donors (Lipinski definition) is 2. The van der Waals surface area contributed by atoms with Crippen LogP contribution in [0.4, 0.5) is 0 Å². The van der Waals surface area contributed by atoms with Gasteiger partial charge in [0.1, 0.15) is 0 Å². The van der Waals surface area contributed by atoms with Crippen molar-refractivity contribution < 1.29 is 0 Å². The molecule has 6 heavy (non-hydrogen) atoms. The first-order valence-corrected chi connectivity index (χ1v) is 1.48. The van der Waals surface area contributed by atoms with E-state index in [0.717, 1.165) is 0 Å². The van der Waals surface area contributed by atoms with Crippen molar-refractivity contribution in [3.63, 3.8) is 0 Å². The SMILES string of the molecule is I.NC=CCN. The Hall–Kier alpha value is 0.230. The lowest BCUT2D eigenvalue weighted by atomic mass is 10.6. The van der Waals surface area contributed by atoms with Gasteiger partial charge < -0.3 is 11.5 Å². The van der Waals surface area contributed by atoms with Gasteiger partial charge in [0, 0.05) is 6.54 Å². The molecule has 0 saturated heterocycles. The van der Waals surface area contributed by atoms with Crippen LogP contribution in [0.5, 0.6) is 0 Å². The molecule has 0 aromatic rings. The fourth-order valence-electron chi connectivity index (χ4n) is 0.0786. The average Bonchev–Trinajstić information content (AvgIpc) is 1.41. The second-order valence-corrected chi connectivity index (χ2v) is 0.664. The summed E-state index contributed by atoms with van der Waals surface area (Å²) in [6.07, 6.45) is 3.11. The smallest absolute Gasteiger partial charge is 0.0123 e. The van der Waals surface area contributed by atoms with Gasteiger partial charge in [-0.05, 0) is 6.20 Å². The van der Waals surface area contributed by atoms with E-state index >= 15 is 0 Å². The second-order valence-electron chi connectivity index (χ2n) is 0.664. The van der Waals surface area contributed by atoms with Crippen LogP contribution in [0, 0.1) is 0 Å². The van der Waals surface area contributed by atoms with Crippen molar-refractivity contribution in [3.05, 3.63) is 12.3 Å². The third-order valence-corrected chi connectivity index (χ3v) is 0.272. The van der Waals surface area contributed by atoms with E-state index in [1.165, 1.54) is 6.20 Å². The molecule has 0 amide bonds. The Kier molecular flexibility index (Phi) is 14.2. The third-order valence-electron chi connectivity index (χ3n) is 0.272. The topological polar surface area (TPSA) is 52.0 Å². The Morgan fingerprint density at radius 1 is 1.50 bits per heavy atom. The first-order chi connectivity index (χ1) is 2.41. The van der Waals surface area contributed by atoms with E-state index in [4.69, 9.17) is 11.5 Å². The maximum Gasteiger partial charge on any atom is 0.0123 e. The number of rotatable bonds is 1. The van der Waals surface area contributed by atoms with Crippen LogP contribution in [0.2, 0.25) is 0 Å². The molecule has 3 heteroatoms. The Bertz CT molecular complexity index is 35.8. The third kappa shape index (κ3) is 8.87. The molecule has 0 aliphatic rings. The molecule has 0 aromatic heterocycles. The number of hydrogen-bond acceptors (Lipinski definition) is 2. The Morgan fingerprint density at radius 2 is 2.00 bits per heavy atom. The van der Waals surface area contributed by atoms with Gasteiger partial charge in [-0.25, -0.2) is 0 Å². The molecule has 0 saturated carbocycles. The van der Waals surface area contributed by atoms with Crippen molar-refractivity contribution in [1.82, 2.24) is 0 Å². The Labute approximate surface area is 54.6 Å². The highest BCUT2D eigenvalue weighted by Gasteiger charge is 1.51. The monoisotopic (exact) mass is 200 g/mol. The second kappa shape index (κ2) is 8.97. The van der Waals surface area contributed by atoms with Crippen molar-refractivity contribution in [1.29, 1.82) is 0 Å². The van der Waals surface area contributed by atoms with E-state index in [1.54, 1.807) is 6.08 Å². The first kappa shape index (κ1) is 9.52. The van der Waals surface area contributed by atoms with Gasteiger partial charge >= 0.3 is 0 Å². The predicted molar refractivity (Wildman–Crippen MR) is 37.8 cm³/mol. The van der Waals surface area contributed by atoms with Crippen LogP contribution in [-0.2, 0) is 0 Å². The summed E-state index contributed by atoms with van der Waals surface area (Å²) in [5, 5.41) is 0. The van der Waals surface area contributed by atoms with Crippen molar-refractivity contribution in [3.8, 4) is 0 Å². The molecule has 4 N–H and O–H groups in total. The highest BCUT2D eigenvalue weighted by Crippen LogP contribution is 1.48. The van der Waals surface area contributed by atoms with Gasteiger partial charge in [-0.15, -0.1) is 24.0 Å². The largest absolute Gasteiger partial charge is 0.405 e. The quantitative estimate of drug-likeness (QED) is 0.587. The van der Waals surface area contributed by atoms with E-state index in [0.29, 0.717) is 6.54 Å². The molecule has 0 spiro atoms. The molecule has 0 radical (unpaired) electrons. The molecule has 0 fully saturated rings. The molecule has 0 bridgehead atoms. The summed E-state index contributed by atoms with van der Waals surface area (Å²) in [6, 6.07) is 0. The minimum Gasteiger partial charge on any atom is -0.405 e. The van der Waals surface area contributed by atoms with E-state index in [9.17, 15) is 0 Å². The lowest BCUT2D eigenvalue weighted by molar-refractivity contribution is 1.24. The molecular weight excluding hydrogens is 191 g/mol. The van der Waals surface area contributed by atoms with Gasteiger partial charge in [-0.1, -0.05) is 6.08 Å². The van der Waals surface area contributed by atoms with Crippen molar-refractivity contribution >= 4 is 24.0 Å². The molecule has 0 aliphatic carbocycles. The minimum atomic E-state index is 0. The summed E-state index contributed by atoms with van der Waals surface area (Å²) in [5.74, 6) is 0. The van der Waals surface area contributed by atoms with Gasteiger partial charge in [0.05, 0.1) is 0 Å². The maximum atomic E-state index is 4.97. The maximum absolute atomic E-state index is 4.97. The van der Waals surface area contributed by atoms with Crippen LogP contribution in [-0.4, -0.2) is 6.54 Å². The van der Waals surface area contributed by atoms with E-state index in [2.05, 4.69) is 0 Å². The van der Waals surface area contributed by atoms with Crippen LogP contribution < -0.4 is 11.5 Å². The van der Waals surface area contributed by atoms with Crippen LogP contribution in [0.25, 0.3) is 0 Å². The summed E-state index contributed by atoms with van der Waals surface area (Å²) >= 11 is 0. The zero-order valence-electron chi connectivity index (χ0n) is 3.42. The van der Waals surface area contributed by atoms with Gasteiger partial charge in [0.15, 0.2) is 0 Å². The molecule has 38 valence electrons. The highest BCUT2D eigenvalue weighted by atomic mass is 127. The van der Waals surface area contributed by atoms with Crippen LogP contribution in [0.3, 0.4) is 0 Å². The predicted octanol–water partition coefficient (Wildman–Crippen LogP) is 0.0355. The van der Waals surface area contributed by atoms with Crippen molar-refractivity contribution in [2.75, 3.05) is 6.54 Å². The van der Waals surface area contributed by atoms with Crippen LogP contribution in [0.1, 0.15) is 0 Å². The van der Waals surface area contributed by atoms with Gasteiger partial charge in [-0.3, -0.25) is 0 Å². The summed E-state index contributed by atoms with van der Waals surface area (Å²) in [4.78, 5) is 0. The van der Waals surface area contributed by atoms with Gasteiger partial charge in [-0.2, -0.15) is 0 Å². The summed E-state index contributed by atoms with van der Waals surface area (Å²) in [6.45, 7) is 0.538. The van der Waals surface area contributed by atoms with Crippen LogP contribution >= 0.6 is 24.0 Å². The van der Waals surface area contributed by atoms with Crippen molar-refractivity contribution in [2.24, 2.45) is 11.5 Å². The van der Waals surface area contributed by atoms with Gasteiger partial charge in [0.25, 0.3) is 0 Å². The molecule has 0 atom stereocenters. The lowest BCUT2D eigenvalue weighted by Gasteiger charge is -1.68. The molecule has 0 aliphatic heterocycles. The number of halogens is 1. The molecule has 0 heterocycles. The number of nitrogens with two attached hydrogens (primary N) is 2. The zero-order chi connectivity index (χ0) is 4.12. The zero-order valence-corrected chi connectivity index (χ0v) is 5.76. The first-order valence-electron chi connectivity index (χ1n) is 1.48. The fraction of sp³-hybridized carbons (Fsp3) is 0.333. The Balaban J connectivity index is 0. The van der Waals surface area contributed by atoms with E-state index in [1.807, 2.05) is 0 Å². The normalized spacial score (nSPS) is 8.17. The molecule has 2 nitrogen and oxygen atoms in total. The standard InChI is InChI=1S/C3H8N2.HI/c4-2-1-3-5;/h1-2H,3-5H2;1H. The molecule has 0 unspecified atom stereocenters. The van der Waals surface area contributed by atoms with E-state index in [-0.39, 0.29) is 24.0 Å². The summed E-state index contributed by atoms with van der Waals surface area (Å²) < 4.78 is 0. The molecular formula is C3H9IN2. The van der Waals surface area contributed by atoms with Crippen molar-refractivity contribution in [2.45, 2.75) is 0 Å². The van der Waals surface area contributed by atoms with E-state index < -0.39 is 0 Å². The summed E-state index contributed by atoms with van der Waals surface area (Å²) in [7, 11) is 0. The minimum absolute atomic E-state index is 0. The highest BCUT2D eigenvalue weighted by molar-refractivity contribution is 14.0. The van der Waals surface area contributed by atoms with Crippen LogP contribution in [0.15, 0.2) is 12.3 Å². The molecule has 0 rings (SSSR count). The average molecular weight is 200 g/mol. The Morgan fingerprint density at radius 3 is 2.00 bits per heavy atom. The van der Waals surface area contributed by atoms with Gasteiger partial charge in [0.2, 0.25) is 0 Å². The lowest BCUT2D eigenvalue weighted by Crippen LogP contribution is -1.93.